The zero-order valence-corrected chi connectivity index (χ0v) is 11.5. The molecule has 18 heavy (non-hydrogen) atoms. The largest absolute Gasteiger partial charge is 0.324 e. The van der Waals surface area contributed by atoms with Crippen molar-refractivity contribution in [1.29, 1.82) is 0 Å². The molecule has 0 fully saturated rings. The Bertz CT molecular complexity index is 536. The number of thiophene rings is 1. The van der Waals surface area contributed by atoms with Gasteiger partial charge in [-0.15, -0.1) is 11.3 Å². The lowest BCUT2D eigenvalue weighted by Crippen LogP contribution is -2.16. The Balaban J connectivity index is 1.73. The zero-order valence-electron chi connectivity index (χ0n) is 9.88. The van der Waals surface area contributed by atoms with Gasteiger partial charge < -0.3 is 5.32 Å². The highest BCUT2D eigenvalue weighted by molar-refractivity contribution is 7.13. The van der Waals surface area contributed by atoms with Crippen molar-refractivity contribution in [2.75, 3.05) is 6.54 Å². The van der Waals surface area contributed by atoms with Crippen LogP contribution in [0.4, 0.5) is 5.00 Å². The number of aromatic nitrogens is 1. The molecule has 2 rings (SSSR count). The smallest absolute Gasteiger partial charge is 0.312 e. The molecular weight excluding hydrogens is 270 g/mol. The average Bonchev–Trinajstić information content (AvgIpc) is 2.93. The van der Waals surface area contributed by atoms with Gasteiger partial charge in [-0.1, -0.05) is 11.3 Å². The number of hydrogen-bond donors (Lipinski definition) is 1. The molecule has 0 aliphatic heterocycles. The summed E-state index contributed by atoms with van der Waals surface area (Å²) in [5.74, 6) is 0. The summed E-state index contributed by atoms with van der Waals surface area (Å²) < 4.78 is 0. The van der Waals surface area contributed by atoms with E-state index in [0.717, 1.165) is 29.2 Å². The molecule has 2 heterocycles. The van der Waals surface area contributed by atoms with E-state index in [1.807, 2.05) is 17.7 Å². The van der Waals surface area contributed by atoms with Crippen molar-refractivity contribution in [2.24, 2.45) is 0 Å². The SMILES string of the molecule is Cc1csc(CCNCc2csc([N+](=O)[O-])c2)n1. The Morgan fingerprint density at radius 3 is 2.89 bits per heavy atom. The molecule has 0 spiro atoms. The Hall–Kier alpha value is -1.31. The maximum atomic E-state index is 10.5. The van der Waals surface area contributed by atoms with Gasteiger partial charge >= 0.3 is 5.00 Å². The second-order valence-corrected chi connectivity index (χ2v) is 5.69. The fraction of sp³-hybridized carbons (Fsp3) is 0.364. The normalized spacial score (nSPS) is 10.7. The van der Waals surface area contributed by atoms with Crippen molar-refractivity contribution < 1.29 is 4.92 Å². The molecule has 0 saturated heterocycles. The van der Waals surface area contributed by atoms with E-state index in [-0.39, 0.29) is 9.92 Å². The summed E-state index contributed by atoms with van der Waals surface area (Å²) in [5, 5.41) is 19.0. The minimum absolute atomic E-state index is 0.197. The monoisotopic (exact) mass is 283 g/mol. The molecule has 2 aromatic heterocycles. The van der Waals surface area contributed by atoms with Gasteiger partial charge in [0.25, 0.3) is 0 Å². The van der Waals surface area contributed by atoms with Crippen molar-refractivity contribution in [3.8, 4) is 0 Å². The van der Waals surface area contributed by atoms with Gasteiger partial charge in [0, 0.05) is 42.0 Å². The van der Waals surface area contributed by atoms with Crippen molar-refractivity contribution in [2.45, 2.75) is 19.9 Å². The van der Waals surface area contributed by atoms with Crippen LogP contribution in [-0.2, 0) is 13.0 Å². The van der Waals surface area contributed by atoms with Crippen LogP contribution in [0.15, 0.2) is 16.8 Å². The highest BCUT2D eigenvalue weighted by Gasteiger charge is 2.08. The Kier molecular flexibility index (Phi) is 4.40. The molecule has 0 amide bonds. The Morgan fingerprint density at radius 1 is 1.44 bits per heavy atom. The molecule has 7 heteroatoms. The van der Waals surface area contributed by atoms with E-state index in [1.54, 1.807) is 17.4 Å². The van der Waals surface area contributed by atoms with Crippen LogP contribution in [0.25, 0.3) is 0 Å². The van der Waals surface area contributed by atoms with E-state index in [0.29, 0.717) is 6.54 Å². The van der Waals surface area contributed by atoms with E-state index in [4.69, 9.17) is 0 Å². The Labute approximate surface area is 113 Å². The number of nitro groups is 1. The first kappa shape index (κ1) is 13.1. The quantitative estimate of drug-likeness (QED) is 0.503. The first-order valence-electron chi connectivity index (χ1n) is 5.48. The number of aryl methyl sites for hydroxylation is 1. The third kappa shape index (κ3) is 3.59. The van der Waals surface area contributed by atoms with Crippen LogP contribution in [0.1, 0.15) is 16.3 Å². The molecule has 0 aromatic carbocycles. The zero-order chi connectivity index (χ0) is 13.0. The number of nitrogens with zero attached hydrogens (tertiary/aromatic N) is 2. The number of hydrogen-bond acceptors (Lipinski definition) is 6. The van der Waals surface area contributed by atoms with Crippen molar-refractivity contribution in [3.05, 3.63) is 43.2 Å². The van der Waals surface area contributed by atoms with Gasteiger partial charge in [-0.3, -0.25) is 10.1 Å². The predicted molar refractivity (Wildman–Crippen MR) is 73.2 cm³/mol. The summed E-state index contributed by atoms with van der Waals surface area (Å²) >= 11 is 2.83. The lowest BCUT2D eigenvalue weighted by molar-refractivity contribution is -0.380. The maximum Gasteiger partial charge on any atom is 0.324 e. The number of nitrogens with one attached hydrogen (secondary N) is 1. The summed E-state index contributed by atoms with van der Waals surface area (Å²) in [6.07, 6.45) is 0.894. The molecule has 0 atom stereocenters. The fourth-order valence-corrected chi connectivity index (χ4v) is 3.00. The standard InChI is InChI=1S/C11H13N3O2S2/c1-8-6-17-10(13-8)2-3-12-5-9-4-11(14(15)16)18-7-9/h4,6-7,12H,2-3,5H2,1H3. The molecule has 0 aliphatic carbocycles. The Morgan fingerprint density at radius 2 is 2.28 bits per heavy atom. The van der Waals surface area contributed by atoms with E-state index < -0.39 is 0 Å². The van der Waals surface area contributed by atoms with Crippen molar-refractivity contribution in [3.63, 3.8) is 0 Å². The molecule has 0 radical (unpaired) electrons. The molecule has 1 N–H and O–H groups in total. The minimum Gasteiger partial charge on any atom is -0.312 e. The van der Waals surface area contributed by atoms with E-state index >= 15 is 0 Å². The summed E-state index contributed by atoms with van der Waals surface area (Å²) in [7, 11) is 0. The molecule has 0 aliphatic rings. The van der Waals surface area contributed by atoms with Gasteiger partial charge in [0.1, 0.15) is 0 Å². The highest BCUT2D eigenvalue weighted by atomic mass is 32.1. The van der Waals surface area contributed by atoms with Crippen LogP contribution in [0.5, 0.6) is 0 Å². The number of rotatable bonds is 6. The second kappa shape index (κ2) is 6.03. The van der Waals surface area contributed by atoms with Crippen LogP contribution in [0.2, 0.25) is 0 Å². The van der Waals surface area contributed by atoms with Gasteiger partial charge in [-0.2, -0.15) is 0 Å². The minimum atomic E-state index is -0.355. The van der Waals surface area contributed by atoms with Crippen LogP contribution in [0, 0.1) is 17.0 Å². The molecule has 0 bridgehead atoms. The fourth-order valence-electron chi connectivity index (χ4n) is 1.50. The number of thiazole rings is 1. The molecule has 0 saturated carbocycles. The molecule has 5 nitrogen and oxygen atoms in total. The predicted octanol–water partition coefficient (Wildman–Crippen LogP) is 2.75. The van der Waals surface area contributed by atoms with Crippen molar-refractivity contribution in [1.82, 2.24) is 10.3 Å². The third-order valence-corrected chi connectivity index (χ3v) is 4.29. The van der Waals surface area contributed by atoms with Gasteiger partial charge in [0.05, 0.1) is 9.93 Å². The highest BCUT2D eigenvalue weighted by Crippen LogP contribution is 2.22. The molecular formula is C11H13N3O2S2. The maximum absolute atomic E-state index is 10.5. The second-order valence-electron chi connectivity index (χ2n) is 3.86. The topological polar surface area (TPSA) is 68.1 Å². The van der Waals surface area contributed by atoms with Gasteiger partial charge in [0.15, 0.2) is 0 Å². The summed E-state index contributed by atoms with van der Waals surface area (Å²) in [4.78, 5) is 14.5. The first-order chi connectivity index (χ1) is 8.65. The van der Waals surface area contributed by atoms with Gasteiger partial charge in [0.2, 0.25) is 0 Å². The summed E-state index contributed by atoms with van der Waals surface area (Å²) in [6, 6.07) is 1.62. The van der Waals surface area contributed by atoms with Crippen LogP contribution < -0.4 is 5.32 Å². The van der Waals surface area contributed by atoms with Crippen LogP contribution >= 0.6 is 22.7 Å². The average molecular weight is 283 g/mol. The van der Waals surface area contributed by atoms with Crippen LogP contribution in [-0.4, -0.2) is 16.5 Å². The molecule has 0 unspecified atom stereocenters. The van der Waals surface area contributed by atoms with E-state index in [9.17, 15) is 10.1 Å². The molecule has 2 aromatic rings. The van der Waals surface area contributed by atoms with E-state index in [1.165, 1.54) is 11.3 Å². The summed E-state index contributed by atoms with van der Waals surface area (Å²) in [5.41, 5.74) is 2.02. The first-order valence-corrected chi connectivity index (χ1v) is 7.24. The van der Waals surface area contributed by atoms with Crippen molar-refractivity contribution >= 4 is 27.7 Å². The lowest BCUT2D eigenvalue weighted by Gasteiger charge is -2.00. The lowest BCUT2D eigenvalue weighted by atomic mass is 10.3. The van der Waals surface area contributed by atoms with E-state index in [2.05, 4.69) is 10.3 Å². The van der Waals surface area contributed by atoms with Crippen LogP contribution in [0.3, 0.4) is 0 Å². The summed E-state index contributed by atoms with van der Waals surface area (Å²) in [6.45, 7) is 3.48. The van der Waals surface area contributed by atoms with Gasteiger partial charge in [-0.05, 0) is 12.5 Å². The third-order valence-electron chi connectivity index (χ3n) is 2.33. The van der Waals surface area contributed by atoms with Gasteiger partial charge in [-0.25, -0.2) is 4.98 Å². The molecule has 96 valence electrons.